The highest BCUT2D eigenvalue weighted by Crippen LogP contribution is 2.06. The maximum Gasteiger partial charge on any atom is 0.239 e. The van der Waals surface area contributed by atoms with Gasteiger partial charge < -0.3 is 10.6 Å². The molecule has 1 rings (SSSR count). The highest BCUT2D eigenvalue weighted by Gasteiger charge is 2.22. The van der Waals surface area contributed by atoms with E-state index in [0.29, 0.717) is 5.92 Å². The zero-order valence-corrected chi connectivity index (χ0v) is 12.5. The first kappa shape index (κ1) is 19.3. The lowest BCUT2D eigenvalue weighted by Crippen LogP contribution is -2.52. The van der Waals surface area contributed by atoms with Crippen LogP contribution in [0.1, 0.15) is 20.8 Å². The molecule has 0 radical (unpaired) electrons. The van der Waals surface area contributed by atoms with Crippen LogP contribution in [0.2, 0.25) is 0 Å². The molecule has 1 heterocycles. The largest absolute Gasteiger partial charge is 0.339 e. The van der Waals surface area contributed by atoms with Crippen molar-refractivity contribution in [3.05, 3.63) is 0 Å². The van der Waals surface area contributed by atoms with Crippen molar-refractivity contribution in [2.24, 2.45) is 11.7 Å². The van der Waals surface area contributed by atoms with Gasteiger partial charge in [-0.1, -0.05) is 13.8 Å². The molecule has 1 saturated heterocycles. The first-order valence-corrected chi connectivity index (χ1v) is 5.77. The molecule has 1 aliphatic heterocycles. The third-order valence-electron chi connectivity index (χ3n) is 2.70. The van der Waals surface area contributed by atoms with E-state index in [1.165, 1.54) is 0 Å². The van der Waals surface area contributed by atoms with E-state index in [1.54, 1.807) is 6.92 Å². The summed E-state index contributed by atoms with van der Waals surface area (Å²) in [5.74, 6) is 0.778. The zero-order chi connectivity index (χ0) is 11.4. The number of nitrogens with two attached hydrogens (primary N) is 1. The number of nitrogens with zero attached hydrogens (tertiary/aromatic N) is 2. The molecule has 4 nitrogen and oxygen atoms in total. The summed E-state index contributed by atoms with van der Waals surface area (Å²) in [4.78, 5) is 15.9. The molecule has 2 N–H and O–H groups in total. The highest BCUT2D eigenvalue weighted by molar-refractivity contribution is 5.85. The summed E-state index contributed by atoms with van der Waals surface area (Å²) < 4.78 is 0. The number of rotatable bonds is 3. The minimum Gasteiger partial charge on any atom is -0.339 e. The minimum atomic E-state index is -0.360. The predicted molar refractivity (Wildman–Crippen MR) is 76.0 cm³/mol. The van der Waals surface area contributed by atoms with Crippen molar-refractivity contribution >= 4 is 30.7 Å². The van der Waals surface area contributed by atoms with Gasteiger partial charge in [-0.25, -0.2) is 0 Å². The second-order valence-corrected chi connectivity index (χ2v) is 4.81. The van der Waals surface area contributed by atoms with E-state index in [9.17, 15) is 4.79 Å². The lowest BCUT2D eigenvalue weighted by molar-refractivity contribution is -0.134. The molecular formula is C11H25Cl2N3O. The SMILES string of the molecule is CC(C)CN1CCN(C(=O)[C@H](C)N)CC1.Cl.Cl. The first-order chi connectivity index (χ1) is 7.00. The Morgan fingerprint density at radius 1 is 1.12 bits per heavy atom. The van der Waals surface area contributed by atoms with Crippen LogP contribution in [0.15, 0.2) is 0 Å². The number of amides is 1. The van der Waals surface area contributed by atoms with E-state index in [1.807, 2.05) is 4.90 Å². The van der Waals surface area contributed by atoms with Crippen molar-refractivity contribution in [2.45, 2.75) is 26.8 Å². The van der Waals surface area contributed by atoms with Gasteiger partial charge in [0.1, 0.15) is 0 Å². The van der Waals surface area contributed by atoms with Crippen molar-refractivity contribution in [2.75, 3.05) is 32.7 Å². The molecule has 0 spiro atoms. The molecule has 1 amide bonds. The summed E-state index contributed by atoms with van der Waals surface area (Å²) in [7, 11) is 0. The second kappa shape index (κ2) is 8.97. The van der Waals surface area contributed by atoms with E-state index >= 15 is 0 Å². The van der Waals surface area contributed by atoms with Crippen LogP contribution >= 0.6 is 24.8 Å². The van der Waals surface area contributed by atoms with Crippen LogP contribution in [0.4, 0.5) is 0 Å². The highest BCUT2D eigenvalue weighted by atomic mass is 35.5. The van der Waals surface area contributed by atoms with Crippen molar-refractivity contribution in [3.8, 4) is 0 Å². The molecule has 0 aromatic heterocycles. The molecule has 1 fully saturated rings. The third kappa shape index (κ3) is 6.46. The molecule has 0 saturated carbocycles. The summed E-state index contributed by atoms with van der Waals surface area (Å²) in [5.41, 5.74) is 5.58. The van der Waals surface area contributed by atoms with Crippen molar-refractivity contribution in [1.29, 1.82) is 0 Å². The van der Waals surface area contributed by atoms with Crippen LogP contribution in [-0.4, -0.2) is 54.5 Å². The van der Waals surface area contributed by atoms with Crippen molar-refractivity contribution in [3.63, 3.8) is 0 Å². The summed E-state index contributed by atoms with van der Waals surface area (Å²) in [6.07, 6.45) is 0. The van der Waals surface area contributed by atoms with Crippen LogP contribution in [0.25, 0.3) is 0 Å². The van der Waals surface area contributed by atoms with Crippen molar-refractivity contribution < 1.29 is 4.79 Å². The van der Waals surface area contributed by atoms with E-state index in [0.717, 1.165) is 32.7 Å². The molecule has 0 aliphatic carbocycles. The average Bonchev–Trinajstić information content (AvgIpc) is 2.17. The smallest absolute Gasteiger partial charge is 0.239 e. The number of hydrogen-bond acceptors (Lipinski definition) is 3. The number of carbonyl (C=O) groups excluding carboxylic acids is 1. The zero-order valence-electron chi connectivity index (χ0n) is 10.9. The van der Waals surface area contributed by atoms with Gasteiger partial charge >= 0.3 is 0 Å². The Morgan fingerprint density at radius 3 is 1.94 bits per heavy atom. The Labute approximate surface area is 117 Å². The Morgan fingerprint density at radius 2 is 1.59 bits per heavy atom. The number of halogens is 2. The molecule has 0 aromatic rings. The molecule has 0 bridgehead atoms. The summed E-state index contributed by atoms with van der Waals surface area (Å²) in [6, 6.07) is -0.360. The third-order valence-corrected chi connectivity index (χ3v) is 2.70. The molecule has 1 aliphatic rings. The normalized spacial score (nSPS) is 18.3. The molecule has 6 heteroatoms. The van der Waals surface area contributed by atoms with E-state index < -0.39 is 0 Å². The Bertz CT molecular complexity index is 217. The van der Waals surface area contributed by atoms with Crippen LogP contribution < -0.4 is 5.73 Å². The molecule has 1 atom stereocenters. The van der Waals surface area contributed by atoms with Gasteiger partial charge in [-0.2, -0.15) is 0 Å². The van der Waals surface area contributed by atoms with Crippen molar-refractivity contribution in [1.82, 2.24) is 9.80 Å². The fraction of sp³-hybridized carbons (Fsp3) is 0.909. The van der Waals surface area contributed by atoms with Gasteiger partial charge in [0, 0.05) is 32.7 Å². The maximum atomic E-state index is 11.6. The second-order valence-electron chi connectivity index (χ2n) is 4.81. The van der Waals surface area contributed by atoms with Gasteiger partial charge in [-0.3, -0.25) is 9.69 Å². The van der Waals surface area contributed by atoms with Crippen LogP contribution in [0, 0.1) is 5.92 Å². The fourth-order valence-electron chi connectivity index (χ4n) is 1.96. The van der Waals surface area contributed by atoms with Crippen LogP contribution in [0.5, 0.6) is 0 Å². The molecule has 104 valence electrons. The van der Waals surface area contributed by atoms with Gasteiger partial charge in [0.05, 0.1) is 6.04 Å². The summed E-state index contributed by atoms with van der Waals surface area (Å²) >= 11 is 0. The first-order valence-electron chi connectivity index (χ1n) is 5.77. The standard InChI is InChI=1S/C11H23N3O.2ClH/c1-9(2)8-13-4-6-14(7-5-13)11(15)10(3)12;;/h9-10H,4-8,12H2,1-3H3;2*1H/t10-;;/m0../s1. The summed E-state index contributed by atoms with van der Waals surface area (Å²) in [6.45, 7) is 10.9. The van der Waals surface area contributed by atoms with E-state index in [2.05, 4.69) is 18.7 Å². The van der Waals surface area contributed by atoms with Gasteiger partial charge in [-0.05, 0) is 12.8 Å². The van der Waals surface area contributed by atoms with Crippen LogP contribution in [-0.2, 0) is 4.79 Å². The molecular weight excluding hydrogens is 261 g/mol. The Kier molecular flexibility index (Phi) is 10.2. The molecule has 17 heavy (non-hydrogen) atoms. The van der Waals surface area contributed by atoms with Gasteiger partial charge in [-0.15, -0.1) is 24.8 Å². The lowest BCUT2D eigenvalue weighted by atomic mass is 10.2. The van der Waals surface area contributed by atoms with Crippen LogP contribution in [0.3, 0.4) is 0 Å². The van der Waals surface area contributed by atoms with Gasteiger partial charge in [0.15, 0.2) is 0 Å². The number of hydrogen-bond donors (Lipinski definition) is 1. The predicted octanol–water partition coefficient (Wildman–Crippen LogP) is 0.977. The Balaban J connectivity index is 0. The summed E-state index contributed by atoms with van der Waals surface area (Å²) in [5, 5.41) is 0. The lowest BCUT2D eigenvalue weighted by Gasteiger charge is -2.36. The fourth-order valence-corrected chi connectivity index (χ4v) is 1.96. The van der Waals surface area contributed by atoms with Gasteiger partial charge in [0.25, 0.3) is 0 Å². The molecule has 0 aromatic carbocycles. The Hall–Kier alpha value is -0.0300. The maximum absolute atomic E-state index is 11.6. The average molecular weight is 286 g/mol. The monoisotopic (exact) mass is 285 g/mol. The number of carbonyl (C=O) groups is 1. The number of piperazine rings is 1. The minimum absolute atomic E-state index is 0. The quantitative estimate of drug-likeness (QED) is 0.841. The van der Waals surface area contributed by atoms with E-state index in [-0.39, 0.29) is 36.8 Å². The molecule has 0 unspecified atom stereocenters. The van der Waals surface area contributed by atoms with E-state index in [4.69, 9.17) is 5.73 Å². The van der Waals surface area contributed by atoms with Gasteiger partial charge in [0.2, 0.25) is 5.91 Å². The topological polar surface area (TPSA) is 49.6 Å².